The number of aromatic nitrogens is 2. The third-order valence-corrected chi connectivity index (χ3v) is 4.52. The zero-order valence-electron chi connectivity index (χ0n) is 14.4. The van der Waals surface area contributed by atoms with Crippen LogP contribution in [0.1, 0.15) is 42.7 Å². The van der Waals surface area contributed by atoms with Crippen LogP contribution in [0.3, 0.4) is 0 Å². The maximum absolute atomic E-state index is 12.3. The van der Waals surface area contributed by atoms with Crippen molar-refractivity contribution in [3.05, 3.63) is 41.9 Å². The Hall–Kier alpha value is -2.63. The molecule has 1 aliphatic rings. The molecule has 0 fully saturated rings. The molecule has 126 valence electrons. The molecule has 0 bridgehead atoms. The van der Waals surface area contributed by atoms with Crippen molar-refractivity contribution in [3.63, 3.8) is 0 Å². The first-order valence-corrected chi connectivity index (χ1v) is 8.10. The van der Waals surface area contributed by atoms with Crippen LogP contribution in [0.15, 0.2) is 30.6 Å². The molecule has 2 heterocycles. The number of carbonyl (C=O) groups is 2. The standard InChI is InChI=1S/C18H22N4O2/c1-11(2)13-5-7-14(8-6-13)20-15(23)9-22-10-19-18-16(22)17(24)12(3)21(18)4/h5-8,10-12H,9H2,1-4H3,(H,20,23)/t12-/m0/s1. The summed E-state index contributed by atoms with van der Waals surface area (Å²) in [6.07, 6.45) is 1.55. The smallest absolute Gasteiger partial charge is 0.244 e. The topological polar surface area (TPSA) is 67.2 Å². The van der Waals surface area contributed by atoms with E-state index >= 15 is 0 Å². The summed E-state index contributed by atoms with van der Waals surface area (Å²) in [5.41, 5.74) is 2.48. The number of anilines is 2. The van der Waals surface area contributed by atoms with Gasteiger partial charge in [-0.3, -0.25) is 9.59 Å². The summed E-state index contributed by atoms with van der Waals surface area (Å²) in [6, 6.07) is 7.57. The van der Waals surface area contributed by atoms with Gasteiger partial charge in [0.05, 0.1) is 12.4 Å². The van der Waals surface area contributed by atoms with Crippen molar-refractivity contribution < 1.29 is 9.59 Å². The molecule has 24 heavy (non-hydrogen) atoms. The molecule has 6 heteroatoms. The fourth-order valence-corrected chi connectivity index (χ4v) is 2.87. The highest BCUT2D eigenvalue weighted by Crippen LogP contribution is 2.29. The Morgan fingerprint density at radius 3 is 2.58 bits per heavy atom. The van der Waals surface area contributed by atoms with Crippen LogP contribution in [0.25, 0.3) is 0 Å². The number of hydrogen-bond acceptors (Lipinski definition) is 4. The summed E-state index contributed by atoms with van der Waals surface area (Å²) in [5, 5.41) is 2.86. The van der Waals surface area contributed by atoms with Crippen molar-refractivity contribution in [2.75, 3.05) is 17.3 Å². The maximum atomic E-state index is 12.3. The van der Waals surface area contributed by atoms with Crippen LogP contribution in [0.4, 0.5) is 11.5 Å². The van der Waals surface area contributed by atoms with Gasteiger partial charge in [-0.25, -0.2) is 4.98 Å². The number of carbonyl (C=O) groups excluding carboxylic acids is 2. The molecule has 1 amide bonds. The van der Waals surface area contributed by atoms with Crippen molar-refractivity contribution in [2.24, 2.45) is 0 Å². The third-order valence-electron chi connectivity index (χ3n) is 4.52. The lowest BCUT2D eigenvalue weighted by molar-refractivity contribution is -0.116. The SMILES string of the molecule is CC(C)c1ccc(NC(=O)Cn2cnc3c2C(=O)[C@H](C)N3C)cc1. The van der Waals surface area contributed by atoms with Crippen molar-refractivity contribution in [3.8, 4) is 0 Å². The van der Waals surface area contributed by atoms with E-state index in [0.717, 1.165) is 5.69 Å². The Morgan fingerprint density at radius 2 is 1.96 bits per heavy atom. The van der Waals surface area contributed by atoms with Crippen LogP contribution in [0.2, 0.25) is 0 Å². The lowest BCUT2D eigenvalue weighted by atomic mass is 10.0. The molecule has 0 aliphatic carbocycles. The van der Waals surface area contributed by atoms with Gasteiger partial charge in [0.1, 0.15) is 12.2 Å². The second-order valence-corrected chi connectivity index (χ2v) is 6.52. The number of ketones is 1. The largest absolute Gasteiger partial charge is 0.348 e. The van der Waals surface area contributed by atoms with Gasteiger partial charge in [0.15, 0.2) is 5.82 Å². The van der Waals surface area contributed by atoms with Crippen molar-refractivity contribution in [1.82, 2.24) is 9.55 Å². The zero-order valence-corrected chi connectivity index (χ0v) is 14.4. The highest BCUT2D eigenvalue weighted by atomic mass is 16.2. The summed E-state index contributed by atoms with van der Waals surface area (Å²) < 4.78 is 1.62. The fourth-order valence-electron chi connectivity index (χ4n) is 2.87. The zero-order chi connectivity index (χ0) is 17.4. The minimum absolute atomic E-state index is 0.000846. The molecule has 0 saturated carbocycles. The number of rotatable bonds is 4. The maximum Gasteiger partial charge on any atom is 0.244 e. The lowest BCUT2D eigenvalue weighted by Gasteiger charge is -2.14. The molecule has 0 saturated heterocycles. The van der Waals surface area contributed by atoms with Crippen LogP contribution in [0, 0.1) is 0 Å². The first-order chi connectivity index (χ1) is 11.4. The molecule has 1 atom stereocenters. The molecule has 0 radical (unpaired) electrons. The van der Waals surface area contributed by atoms with E-state index in [0.29, 0.717) is 17.4 Å². The first-order valence-electron chi connectivity index (χ1n) is 8.10. The minimum atomic E-state index is -0.235. The Bertz CT molecular complexity index is 777. The molecule has 6 nitrogen and oxygen atoms in total. The van der Waals surface area contributed by atoms with Crippen molar-refractivity contribution in [2.45, 2.75) is 39.3 Å². The van der Waals surface area contributed by atoms with Gasteiger partial charge >= 0.3 is 0 Å². The fraction of sp³-hybridized carbons (Fsp3) is 0.389. The molecule has 2 aromatic rings. The molecule has 1 aromatic carbocycles. The molecular weight excluding hydrogens is 304 g/mol. The van der Waals surface area contributed by atoms with Gasteiger partial charge in [-0.1, -0.05) is 26.0 Å². The van der Waals surface area contributed by atoms with Crippen LogP contribution >= 0.6 is 0 Å². The number of nitrogens with one attached hydrogen (secondary N) is 1. The van der Waals surface area contributed by atoms with Gasteiger partial charge in [0.25, 0.3) is 0 Å². The second-order valence-electron chi connectivity index (χ2n) is 6.52. The normalized spacial score (nSPS) is 16.6. The molecule has 0 unspecified atom stereocenters. The average molecular weight is 326 g/mol. The number of fused-ring (bicyclic) bond motifs is 1. The lowest BCUT2D eigenvalue weighted by Crippen LogP contribution is -2.29. The van der Waals surface area contributed by atoms with E-state index in [1.165, 1.54) is 5.56 Å². The molecule has 3 rings (SSSR count). The Labute approximate surface area is 141 Å². The van der Waals surface area contributed by atoms with E-state index in [2.05, 4.69) is 24.1 Å². The summed E-state index contributed by atoms with van der Waals surface area (Å²) >= 11 is 0. The number of imidazole rings is 1. The number of Topliss-reactive ketones (excluding diaryl/α,β-unsaturated/α-hetero) is 1. The van der Waals surface area contributed by atoms with E-state index in [-0.39, 0.29) is 24.3 Å². The molecule has 1 N–H and O–H groups in total. The van der Waals surface area contributed by atoms with Gasteiger partial charge in [0.2, 0.25) is 11.7 Å². The second kappa shape index (κ2) is 6.11. The number of benzene rings is 1. The van der Waals surface area contributed by atoms with Crippen LogP contribution in [0.5, 0.6) is 0 Å². The number of hydrogen-bond donors (Lipinski definition) is 1. The summed E-state index contributed by atoms with van der Waals surface area (Å²) in [5.74, 6) is 0.913. The predicted molar refractivity (Wildman–Crippen MR) is 93.6 cm³/mol. The Kier molecular flexibility index (Phi) is 4.13. The van der Waals surface area contributed by atoms with E-state index in [4.69, 9.17) is 0 Å². The van der Waals surface area contributed by atoms with Gasteiger partial charge in [-0.2, -0.15) is 0 Å². The van der Waals surface area contributed by atoms with Crippen LogP contribution in [-0.4, -0.2) is 34.3 Å². The van der Waals surface area contributed by atoms with E-state index in [9.17, 15) is 9.59 Å². The quantitative estimate of drug-likeness (QED) is 0.938. The van der Waals surface area contributed by atoms with Crippen LogP contribution < -0.4 is 10.2 Å². The summed E-state index contributed by atoms with van der Waals surface area (Å²) in [4.78, 5) is 30.7. The Balaban J connectivity index is 1.71. The van der Waals surface area contributed by atoms with Gasteiger partial charge in [-0.05, 0) is 30.5 Å². The van der Waals surface area contributed by atoms with Gasteiger partial charge in [-0.15, -0.1) is 0 Å². The third kappa shape index (κ3) is 2.79. The van der Waals surface area contributed by atoms with E-state index < -0.39 is 0 Å². The van der Waals surface area contributed by atoms with Gasteiger partial charge < -0.3 is 14.8 Å². The monoisotopic (exact) mass is 326 g/mol. The average Bonchev–Trinajstić information content (AvgIpc) is 3.04. The molecule has 1 aliphatic heterocycles. The molecule has 0 spiro atoms. The number of likely N-dealkylation sites (N-methyl/N-ethyl adjacent to an activating group) is 1. The van der Waals surface area contributed by atoms with Gasteiger partial charge in [0, 0.05) is 12.7 Å². The number of nitrogens with zero attached hydrogens (tertiary/aromatic N) is 3. The summed E-state index contributed by atoms with van der Waals surface area (Å²) in [7, 11) is 1.84. The molecule has 1 aromatic heterocycles. The van der Waals surface area contributed by atoms with Crippen molar-refractivity contribution >= 4 is 23.2 Å². The molecular formula is C18H22N4O2. The van der Waals surface area contributed by atoms with Crippen molar-refractivity contribution in [1.29, 1.82) is 0 Å². The number of amides is 1. The van der Waals surface area contributed by atoms with E-state index in [1.54, 1.807) is 10.9 Å². The highest BCUT2D eigenvalue weighted by molar-refractivity contribution is 6.08. The predicted octanol–water partition coefficient (Wildman–Crippen LogP) is 2.67. The minimum Gasteiger partial charge on any atom is -0.348 e. The van der Waals surface area contributed by atoms with Crippen LogP contribution in [-0.2, 0) is 11.3 Å². The highest BCUT2D eigenvalue weighted by Gasteiger charge is 2.36. The van der Waals surface area contributed by atoms with E-state index in [1.807, 2.05) is 43.1 Å². The Morgan fingerprint density at radius 1 is 1.29 bits per heavy atom. The first kappa shape index (κ1) is 16.2. The summed E-state index contributed by atoms with van der Waals surface area (Å²) in [6.45, 7) is 6.16.